The Bertz CT molecular complexity index is 537. The van der Waals surface area contributed by atoms with Crippen molar-refractivity contribution in [1.82, 2.24) is 0 Å². The smallest absolute Gasteiger partial charge is 0.126 e. The maximum absolute atomic E-state index is 13.7. The van der Waals surface area contributed by atoms with Crippen LogP contribution in [-0.2, 0) is 19.4 Å². The van der Waals surface area contributed by atoms with Gasteiger partial charge in [-0.3, -0.25) is 0 Å². The minimum atomic E-state index is -0.189. The molecule has 0 spiro atoms. The Kier molecular flexibility index (Phi) is 6.42. The molecule has 0 aliphatic carbocycles. The molecule has 0 unspecified atom stereocenters. The Hall–Kier alpha value is -1.67. The minimum Gasteiger partial charge on any atom is -0.392 e. The molecule has 0 aliphatic heterocycles. The molecule has 0 bridgehead atoms. The van der Waals surface area contributed by atoms with Gasteiger partial charge in [0.25, 0.3) is 0 Å². The summed E-state index contributed by atoms with van der Waals surface area (Å²) in [5.74, 6) is -0.189. The van der Waals surface area contributed by atoms with Gasteiger partial charge in [0, 0.05) is 0 Å². The van der Waals surface area contributed by atoms with E-state index in [9.17, 15) is 4.39 Å². The quantitative estimate of drug-likeness (QED) is 0.700. The summed E-state index contributed by atoms with van der Waals surface area (Å²) in [4.78, 5) is 0. The second kappa shape index (κ2) is 8.58. The van der Waals surface area contributed by atoms with Crippen LogP contribution in [0.15, 0.2) is 48.5 Å². The molecule has 112 valence electrons. The lowest BCUT2D eigenvalue weighted by atomic mass is 10.0. The van der Waals surface area contributed by atoms with E-state index in [1.54, 1.807) is 12.1 Å². The van der Waals surface area contributed by atoms with Crippen LogP contribution in [0.4, 0.5) is 4.39 Å². The fourth-order valence-corrected chi connectivity index (χ4v) is 2.53. The normalized spacial score (nSPS) is 10.8. The molecular weight excluding hydrogens is 263 g/mol. The lowest BCUT2D eigenvalue weighted by Crippen LogP contribution is -1.94. The van der Waals surface area contributed by atoms with E-state index >= 15 is 0 Å². The molecule has 0 aliphatic rings. The molecule has 21 heavy (non-hydrogen) atoms. The average molecular weight is 286 g/mol. The first-order valence-corrected chi connectivity index (χ1v) is 7.71. The Morgan fingerprint density at radius 1 is 0.762 bits per heavy atom. The first-order chi connectivity index (χ1) is 10.3. The van der Waals surface area contributed by atoms with Crippen LogP contribution >= 0.6 is 0 Å². The number of halogens is 1. The molecule has 2 rings (SSSR count). The largest absolute Gasteiger partial charge is 0.392 e. The van der Waals surface area contributed by atoms with Gasteiger partial charge in [0.1, 0.15) is 5.82 Å². The van der Waals surface area contributed by atoms with Crippen molar-refractivity contribution in [2.24, 2.45) is 0 Å². The zero-order chi connectivity index (χ0) is 14.9. The molecule has 0 amide bonds. The number of aryl methyl sites for hydroxylation is 2. The van der Waals surface area contributed by atoms with Crippen LogP contribution in [0.3, 0.4) is 0 Å². The van der Waals surface area contributed by atoms with Crippen LogP contribution in [0.5, 0.6) is 0 Å². The lowest BCUT2D eigenvalue weighted by molar-refractivity contribution is 0.281. The highest BCUT2D eigenvalue weighted by Crippen LogP contribution is 2.15. The van der Waals surface area contributed by atoms with E-state index in [0.717, 1.165) is 31.2 Å². The predicted molar refractivity (Wildman–Crippen MR) is 84.6 cm³/mol. The Morgan fingerprint density at radius 3 is 2.14 bits per heavy atom. The summed E-state index contributed by atoms with van der Waals surface area (Å²) in [6.45, 7) is -0.101. The van der Waals surface area contributed by atoms with E-state index in [4.69, 9.17) is 5.11 Å². The van der Waals surface area contributed by atoms with E-state index in [2.05, 4.69) is 24.3 Å². The zero-order valence-electron chi connectivity index (χ0n) is 12.4. The van der Waals surface area contributed by atoms with Crippen LogP contribution in [-0.4, -0.2) is 5.11 Å². The molecule has 0 saturated carbocycles. The second-order valence-electron chi connectivity index (χ2n) is 5.48. The summed E-state index contributed by atoms with van der Waals surface area (Å²) in [6, 6.07) is 15.6. The zero-order valence-corrected chi connectivity index (χ0v) is 12.4. The number of hydrogen-bond acceptors (Lipinski definition) is 1. The van der Waals surface area contributed by atoms with E-state index < -0.39 is 0 Å². The van der Waals surface area contributed by atoms with Crippen molar-refractivity contribution in [3.63, 3.8) is 0 Å². The van der Waals surface area contributed by atoms with Crippen molar-refractivity contribution in [3.8, 4) is 0 Å². The van der Waals surface area contributed by atoms with Crippen LogP contribution in [0.25, 0.3) is 0 Å². The molecule has 2 aromatic carbocycles. The van der Waals surface area contributed by atoms with E-state index in [-0.39, 0.29) is 12.4 Å². The van der Waals surface area contributed by atoms with Gasteiger partial charge >= 0.3 is 0 Å². The summed E-state index contributed by atoms with van der Waals surface area (Å²) < 4.78 is 13.7. The Labute approximate surface area is 126 Å². The summed E-state index contributed by atoms with van der Waals surface area (Å²) in [5, 5.41) is 8.95. The summed E-state index contributed by atoms with van der Waals surface area (Å²) in [6.07, 6.45) is 6.43. The highest BCUT2D eigenvalue weighted by molar-refractivity contribution is 5.24. The van der Waals surface area contributed by atoms with Crippen molar-refractivity contribution in [2.75, 3.05) is 0 Å². The molecule has 2 heteroatoms. The van der Waals surface area contributed by atoms with Crippen molar-refractivity contribution in [1.29, 1.82) is 0 Å². The molecule has 2 aromatic rings. The van der Waals surface area contributed by atoms with Crippen molar-refractivity contribution < 1.29 is 9.50 Å². The topological polar surface area (TPSA) is 20.2 Å². The van der Waals surface area contributed by atoms with Gasteiger partial charge in [-0.05, 0) is 48.4 Å². The number of aliphatic hydroxyl groups excluding tert-OH is 1. The van der Waals surface area contributed by atoms with Crippen LogP contribution in [0, 0.1) is 5.82 Å². The number of rotatable bonds is 8. The number of aliphatic hydroxyl groups is 1. The summed E-state index contributed by atoms with van der Waals surface area (Å²) >= 11 is 0. The first kappa shape index (κ1) is 15.7. The van der Waals surface area contributed by atoms with Gasteiger partial charge in [-0.15, -0.1) is 0 Å². The van der Waals surface area contributed by atoms with Crippen LogP contribution in [0.1, 0.15) is 42.4 Å². The standard InChI is InChI=1S/C19H23FO/c20-19-14-17(15-21)12-13-18(19)11-7-2-1-4-8-16-9-5-3-6-10-16/h3,5-6,9-10,12-14,21H,1-2,4,7-8,11,15H2. The summed E-state index contributed by atoms with van der Waals surface area (Å²) in [5.41, 5.74) is 2.79. The van der Waals surface area contributed by atoms with Gasteiger partial charge < -0.3 is 5.11 Å². The summed E-state index contributed by atoms with van der Waals surface area (Å²) in [7, 11) is 0. The van der Waals surface area contributed by atoms with E-state index in [1.165, 1.54) is 24.5 Å². The molecular formula is C19H23FO. The maximum atomic E-state index is 13.7. The average Bonchev–Trinajstić information content (AvgIpc) is 2.53. The third-order valence-electron chi connectivity index (χ3n) is 3.80. The molecule has 0 saturated heterocycles. The fourth-order valence-electron chi connectivity index (χ4n) is 2.53. The van der Waals surface area contributed by atoms with E-state index in [1.807, 2.05) is 6.07 Å². The molecule has 1 nitrogen and oxygen atoms in total. The fraction of sp³-hybridized carbons (Fsp3) is 0.368. The van der Waals surface area contributed by atoms with Gasteiger partial charge in [-0.25, -0.2) is 4.39 Å². The van der Waals surface area contributed by atoms with Crippen LogP contribution < -0.4 is 0 Å². The minimum absolute atomic E-state index is 0.101. The first-order valence-electron chi connectivity index (χ1n) is 7.71. The van der Waals surface area contributed by atoms with Gasteiger partial charge in [0.2, 0.25) is 0 Å². The molecule has 0 fully saturated rings. The maximum Gasteiger partial charge on any atom is 0.126 e. The highest BCUT2D eigenvalue weighted by atomic mass is 19.1. The van der Waals surface area contributed by atoms with Gasteiger partial charge in [-0.1, -0.05) is 55.3 Å². The second-order valence-corrected chi connectivity index (χ2v) is 5.48. The van der Waals surface area contributed by atoms with Gasteiger partial charge in [0.15, 0.2) is 0 Å². The van der Waals surface area contributed by atoms with Crippen LogP contribution in [0.2, 0.25) is 0 Å². The molecule has 1 N–H and O–H groups in total. The molecule has 0 heterocycles. The van der Waals surface area contributed by atoms with Crippen molar-refractivity contribution in [2.45, 2.75) is 45.1 Å². The van der Waals surface area contributed by atoms with Crippen molar-refractivity contribution >= 4 is 0 Å². The van der Waals surface area contributed by atoms with Crippen molar-refractivity contribution in [3.05, 3.63) is 71.0 Å². The Morgan fingerprint density at radius 2 is 1.48 bits per heavy atom. The Balaban J connectivity index is 1.64. The molecule has 0 atom stereocenters. The third-order valence-corrected chi connectivity index (χ3v) is 3.80. The van der Waals surface area contributed by atoms with E-state index in [0.29, 0.717) is 5.56 Å². The number of benzene rings is 2. The lowest BCUT2D eigenvalue weighted by Gasteiger charge is -2.05. The SMILES string of the molecule is OCc1ccc(CCCCCCc2ccccc2)c(F)c1. The number of hydrogen-bond donors (Lipinski definition) is 1. The van der Waals surface area contributed by atoms with Gasteiger partial charge in [-0.2, -0.15) is 0 Å². The monoisotopic (exact) mass is 286 g/mol. The van der Waals surface area contributed by atoms with Gasteiger partial charge in [0.05, 0.1) is 6.61 Å². The third kappa shape index (κ3) is 5.31. The predicted octanol–water partition coefficient (Wildman–Crippen LogP) is 4.66. The number of unbranched alkanes of at least 4 members (excludes halogenated alkanes) is 3. The molecule has 0 aromatic heterocycles. The molecule has 0 radical (unpaired) electrons. The highest BCUT2D eigenvalue weighted by Gasteiger charge is 2.03.